The first-order valence-electron chi connectivity index (χ1n) is 4.33. The summed E-state index contributed by atoms with van der Waals surface area (Å²) in [6.45, 7) is 2.66. The van der Waals surface area contributed by atoms with Gasteiger partial charge >= 0.3 is 0 Å². The summed E-state index contributed by atoms with van der Waals surface area (Å²) in [5.74, 6) is 0.674. The van der Waals surface area contributed by atoms with Gasteiger partial charge in [-0.1, -0.05) is 19.1 Å². The number of benzene rings is 1. The molecule has 0 heterocycles. The number of aliphatic hydroxyl groups is 2. The van der Waals surface area contributed by atoms with Gasteiger partial charge in [-0.25, -0.2) is 0 Å². The maximum atomic E-state index is 8.87. The van der Waals surface area contributed by atoms with Gasteiger partial charge in [0.25, 0.3) is 0 Å². The number of hydrogen-bond donors (Lipinski definition) is 2. The molecule has 0 aromatic heterocycles. The van der Waals surface area contributed by atoms with Crippen LogP contribution in [-0.2, 0) is 0 Å². The molecule has 0 saturated carbocycles. The van der Waals surface area contributed by atoms with Crippen molar-refractivity contribution >= 4 is 0 Å². The molecule has 2 N–H and O–H groups in total. The Kier molecular flexibility index (Phi) is 3.73. The molecule has 0 aliphatic carbocycles. The van der Waals surface area contributed by atoms with Crippen LogP contribution in [0.25, 0.3) is 0 Å². The first-order chi connectivity index (χ1) is 6.24. The highest BCUT2D eigenvalue weighted by atomic mass is 16.5. The average molecular weight is 182 g/mol. The molecule has 0 aliphatic rings. The molecular formula is C10H14O3. The highest BCUT2D eigenvalue weighted by molar-refractivity contribution is 5.28. The molecule has 1 rings (SSSR count). The van der Waals surface area contributed by atoms with Crippen molar-refractivity contribution in [2.45, 2.75) is 19.6 Å². The van der Waals surface area contributed by atoms with Gasteiger partial charge in [-0.15, -0.1) is 0 Å². The molecular weight excluding hydrogens is 168 g/mol. The van der Waals surface area contributed by atoms with Gasteiger partial charge in [0.05, 0.1) is 6.61 Å². The normalized spacial score (nSPS) is 10.5. The van der Waals surface area contributed by atoms with E-state index in [0.29, 0.717) is 17.9 Å². The van der Waals surface area contributed by atoms with Crippen molar-refractivity contribution < 1.29 is 14.9 Å². The van der Waals surface area contributed by atoms with Gasteiger partial charge in [-0.05, 0) is 18.6 Å². The Balaban J connectivity index is 2.68. The lowest BCUT2D eigenvalue weighted by atomic mass is 10.2. The summed E-state index contributed by atoms with van der Waals surface area (Å²) >= 11 is 0. The molecule has 1 aromatic carbocycles. The average Bonchev–Trinajstić information content (AvgIpc) is 2.15. The zero-order valence-electron chi connectivity index (χ0n) is 7.60. The Labute approximate surface area is 77.6 Å². The van der Waals surface area contributed by atoms with E-state index in [2.05, 4.69) is 0 Å². The van der Waals surface area contributed by atoms with Crippen LogP contribution >= 0.6 is 0 Å². The second-order valence-corrected chi connectivity index (χ2v) is 2.79. The fourth-order valence-electron chi connectivity index (χ4n) is 0.985. The third-order valence-electron chi connectivity index (χ3n) is 1.63. The van der Waals surface area contributed by atoms with Crippen molar-refractivity contribution in [2.75, 3.05) is 6.61 Å². The van der Waals surface area contributed by atoms with Crippen LogP contribution in [0.15, 0.2) is 24.3 Å². The van der Waals surface area contributed by atoms with Crippen molar-refractivity contribution in [3.05, 3.63) is 29.8 Å². The maximum Gasteiger partial charge on any atom is 0.178 e. The lowest BCUT2D eigenvalue weighted by Crippen LogP contribution is -1.98. The molecule has 0 aliphatic heterocycles. The van der Waals surface area contributed by atoms with Gasteiger partial charge in [0, 0.05) is 5.56 Å². The highest BCUT2D eigenvalue weighted by Crippen LogP contribution is 2.17. The number of ether oxygens (including phenoxy) is 1. The minimum Gasteiger partial charge on any atom is -0.494 e. The molecule has 0 unspecified atom stereocenters. The van der Waals surface area contributed by atoms with Gasteiger partial charge in [0.1, 0.15) is 5.75 Å². The fourth-order valence-corrected chi connectivity index (χ4v) is 0.985. The Morgan fingerprint density at radius 2 is 2.15 bits per heavy atom. The molecule has 1 aromatic rings. The molecule has 0 radical (unpaired) electrons. The van der Waals surface area contributed by atoms with Crippen LogP contribution in [0.2, 0.25) is 0 Å². The van der Waals surface area contributed by atoms with Crippen LogP contribution in [0.4, 0.5) is 0 Å². The van der Waals surface area contributed by atoms with Crippen LogP contribution in [0.3, 0.4) is 0 Å². The van der Waals surface area contributed by atoms with E-state index in [-0.39, 0.29) is 0 Å². The van der Waals surface area contributed by atoms with Crippen molar-refractivity contribution in [1.29, 1.82) is 0 Å². The molecule has 0 amide bonds. The lowest BCUT2D eigenvalue weighted by Gasteiger charge is -2.07. The van der Waals surface area contributed by atoms with Crippen molar-refractivity contribution in [3.8, 4) is 5.75 Å². The topological polar surface area (TPSA) is 49.7 Å². The molecule has 0 saturated heterocycles. The van der Waals surface area contributed by atoms with Gasteiger partial charge in [0.15, 0.2) is 6.29 Å². The predicted octanol–water partition coefficient (Wildman–Crippen LogP) is 1.46. The Hall–Kier alpha value is -1.06. The van der Waals surface area contributed by atoms with E-state index in [0.717, 1.165) is 6.42 Å². The lowest BCUT2D eigenvalue weighted by molar-refractivity contribution is -0.0426. The van der Waals surface area contributed by atoms with E-state index in [9.17, 15) is 0 Å². The largest absolute Gasteiger partial charge is 0.494 e. The van der Waals surface area contributed by atoms with Crippen molar-refractivity contribution in [3.63, 3.8) is 0 Å². The monoisotopic (exact) mass is 182 g/mol. The van der Waals surface area contributed by atoms with Crippen molar-refractivity contribution in [1.82, 2.24) is 0 Å². The zero-order chi connectivity index (χ0) is 9.68. The summed E-state index contributed by atoms with van der Waals surface area (Å²) in [6, 6.07) is 6.80. The number of aliphatic hydroxyl groups excluding tert-OH is 1. The minimum absolute atomic E-state index is 0.452. The van der Waals surface area contributed by atoms with Gasteiger partial charge in [-0.3, -0.25) is 0 Å². The van der Waals surface area contributed by atoms with Crippen molar-refractivity contribution in [2.24, 2.45) is 0 Å². The number of hydrogen-bond acceptors (Lipinski definition) is 3. The van der Waals surface area contributed by atoms with Crippen LogP contribution in [-0.4, -0.2) is 16.8 Å². The third kappa shape index (κ3) is 3.05. The smallest absolute Gasteiger partial charge is 0.178 e. The van der Waals surface area contributed by atoms with E-state index >= 15 is 0 Å². The zero-order valence-corrected chi connectivity index (χ0v) is 7.60. The quantitative estimate of drug-likeness (QED) is 0.693. The summed E-state index contributed by atoms with van der Waals surface area (Å²) < 4.78 is 5.32. The standard InChI is InChI=1S/C10H14O3/c1-2-6-13-9-5-3-4-8(7-9)10(11)12/h3-5,7,10-12H,2,6H2,1H3. The molecule has 0 bridgehead atoms. The number of rotatable bonds is 4. The first-order valence-corrected chi connectivity index (χ1v) is 4.33. The summed E-state index contributed by atoms with van der Waals surface area (Å²) in [7, 11) is 0. The second kappa shape index (κ2) is 4.84. The van der Waals surface area contributed by atoms with Gasteiger partial charge in [0.2, 0.25) is 0 Å². The summed E-state index contributed by atoms with van der Waals surface area (Å²) in [4.78, 5) is 0. The molecule has 3 nitrogen and oxygen atoms in total. The second-order valence-electron chi connectivity index (χ2n) is 2.79. The highest BCUT2D eigenvalue weighted by Gasteiger charge is 2.02. The van der Waals surface area contributed by atoms with E-state index in [4.69, 9.17) is 14.9 Å². The van der Waals surface area contributed by atoms with E-state index < -0.39 is 6.29 Å². The molecule has 3 heteroatoms. The molecule has 0 atom stereocenters. The molecule has 0 spiro atoms. The SMILES string of the molecule is CCCOc1cccc(C(O)O)c1. The Morgan fingerprint density at radius 3 is 2.77 bits per heavy atom. The van der Waals surface area contributed by atoms with E-state index in [1.54, 1.807) is 24.3 Å². The van der Waals surface area contributed by atoms with Gasteiger partial charge < -0.3 is 14.9 Å². The Bertz CT molecular complexity index is 258. The van der Waals surface area contributed by atoms with E-state index in [1.807, 2.05) is 6.92 Å². The summed E-state index contributed by atoms with van der Waals surface area (Å²) in [5, 5.41) is 17.7. The summed E-state index contributed by atoms with van der Waals surface area (Å²) in [5.41, 5.74) is 0.452. The summed E-state index contributed by atoms with van der Waals surface area (Å²) in [6.07, 6.45) is -0.489. The molecule has 13 heavy (non-hydrogen) atoms. The maximum absolute atomic E-state index is 8.87. The van der Waals surface area contributed by atoms with Crippen LogP contribution in [0, 0.1) is 0 Å². The Morgan fingerprint density at radius 1 is 1.38 bits per heavy atom. The predicted molar refractivity (Wildman–Crippen MR) is 49.4 cm³/mol. The minimum atomic E-state index is -1.43. The van der Waals surface area contributed by atoms with Gasteiger partial charge in [-0.2, -0.15) is 0 Å². The molecule has 72 valence electrons. The molecule has 0 fully saturated rings. The van der Waals surface area contributed by atoms with Crippen LogP contribution in [0.1, 0.15) is 25.2 Å². The van der Waals surface area contributed by atoms with E-state index in [1.165, 1.54) is 0 Å². The van der Waals surface area contributed by atoms with Crippen LogP contribution < -0.4 is 4.74 Å². The van der Waals surface area contributed by atoms with Crippen LogP contribution in [0.5, 0.6) is 5.75 Å². The fraction of sp³-hybridized carbons (Fsp3) is 0.400. The third-order valence-corrected chi connectivity index (χ3v) is 1.63. The first kappa shape index (κ1) is 10.0.